The first-order valence-corrected chi connectivity index (χ1v) is 12.9. The molecule has 1 aromatic carbocycles. The third kappa shape index (κ3) is 5.01. The smallest absolute Gasteiger partial charge is 0.224 e. The summed E-state index contributed by atoms with van der Waals surface area (Å²) >= 11 is 0. The topological polar surface area (TPSA) is 63.1 Å². The highest BCUT2D eigenvalue weighted by molar-refractivity contribution is 5.79. The molecule has 1 aromatic heterocycles. The number of hydrogen-bond acceptors (Lipinski definition) is 4. The summed E-state index contributed by atoms with van der Waals surface area (Å²) in [5.41, 5.74) is 3.51. The lowest BCUT2D eigenvalue weighted by Gasteiger charge is -2.49. The molecular formula is C27H39N5O. The molecule has 0 radical (unpaired) electrons. The Kier molecular flexibility index (Phi) is 6.30. The van der Waals surface area contributed by atoms with Gasteiger partial charge in [-0.3, -0.25) is 14.4 Å². The number of amides is 1. The highest BCUT2D eigenvalue weighted by Gasteiger charge is 2.43. The summed E-state index contributed by atoms with van der Waals surface area (Å²) in [4.78, 5) is 15.5. The van der Waals surface area contributed by atoms with Crippen molar-refractivity contribution in [2.75, 3.05) is 13.1 Å². The van der Waals surface area contributed by atoms with Crippen LogP contribution in [0.3, 0.4) is 0 Å². The van der Waals surface area contributed by atoms with E-state index < -0.39 is 0 Å². The minimum atomic E-state index is 0.149. The van der Waals surface area contributed by atoms with Crippen molar-refractivity contribution in [3.63, 3.8) is 0 Å². The van der Waals surface area contributed by atoms with Crippen molar-refractivity contribution in [2.24, 2.45) is 11.8 Å². The van der Waals surface area contributed by atoms with Gasteiger partial charge in [-0.25, -0.2) is 0 Å². The maximum absolute atomic E-state index is 13.0. The average molecular weight is 450 g/mol. The lowest BCUT2D eigenvalue weighted by atomic mass is 9.75. The Morgan fingerprint density at radius 1 is 1.09 bits per heavy atom. The molecule has 6 rings (SSSR count). The lowest BCUT2D eigenvalue weighted by Crippen LogP contribution is -2.58. The number of aromatic nitrogens is 3. The molecule has 2 aromatic rings. The van der Waals surface area contributed by atoms with Crippen molar-refractivity contribution in [1.29, 1.82) is 0 Å². The fourth-order valence-corrected chi connectivity index (χ4v) is 6.06. The first-order chi connectivity index (χ1) is 15.9. The number of fused-ring (bicyclic) bond motifs is 3. The van der Waals surface area contributed by atoms with E-state index in [0.29, 0.717) is 23.9 Å². The van der Waals surface area contributed by atoms with E-state index in [0.717, 1.165) is 56.6 Å². The van der Waals surface area contributed by atoms with Gasteiger partial charge in [0, 0.05) is 24.2 Å². The number of piperidine rings is 3. The third-order valence-corrected chi connectivity index (χ3v) is 8.15. The fourth-order valence-electron chi connectivity index (χ4n) is 6.06. The van der Waals surface area contributed by atoms with Gasteiger partial charge in [-0.1, -0.05) is 69.5 Å². The zero-order valence-corrected chi connectivity index (χ0v) is 20.5. The minimum Gasteiger partial charge on any atom is -0.353 e. The summed E-state index contributed by atoms with van der Waals surface area (Å²) in [6.07, 6.45) is 10.4. The molecule has 1 aliphatic carbocycles. The molecule has 4 heterocycles. The van der Waals surface area contributed by atoms with E-state index in [4.69, 9.17) is 0 Å². The van der Waals surface area contributed by atoms with Gasteiger partial charge in [0.15, 0.2) is 0 Å². The van der Waals surface area contributed by atoms with E-state index >= 15 is 0 Å². The summed E-state index contributed by atoms with van der Waals surface area (Å²) in [7, 11) is 0. The Morgan fingerprint density at radius 2 is 1.85 bits per heavy atom. The molecule has 4 atom stereocenters. The van der Waals surface area contributed by atoms with Crippen LogP contribution in [-0.4, -0.2) is 51.0 Å². The van der Waals surface area contributed by atoms with Gasteiger partial charge in [-0.2, -0.15) is 0 Å². The second kappa shape index (κ2) is 9.21. The fraction of sp³-hybridized carbons (Fsp3) is 0.667. The third-order valence-electron chi connectivity index (χ3n) is 8.15. The normalized spacial score (nSPS) is 28.1. The maximum Gasteiger partial charge on any atom is 0.224 e. The first-order valence-electron chi connectivity index (χ1n) is 12.9. The summed E-state index contributed by atoms with van der Waals surface area (Å²) < 4.78 is 2.00. The molecule has 2 bridgehead atoms. The van der Waals surface area contributed by atoms with Gasteiger partial charge < -0.3 is 5.32 Å². The van der Waals surface area contributed by atoms with E-state index in [1.54, 1.807) is 0 Å². The molecule has 0 spiro atoms. The quantitative estimate of drug-likeness (QED) is 0.735. The first kappa shape index (κ1) is 22.6. The molecular weight excluding hydrogens is 410 g/mol. The summed E-state index contributed by atoms with van der Waals surface area (Å²) in [5, 5.41) is 12.3. The van der Waals surface area contributed by atoms with E-state index in [-0.39, 0.29) is 11.3 Å². The van der Waals surface area contributed by atoms with Gasteiger partial charge in [0.25, 0.3) is 0 Å². The van der Waals surface area contributed by atoms with Crippen molar-refractivity contribution < 1.29 is 4.79 Å². The second-order valence-corrected chi connectivity index (χ2v) is 11.5. The molecule has 4 aliphatic rings. The molecule has 3 saturated heterocycles. The Bertz CT molecular complexity index is 954. The molecule has 6 heteroatoms. The van der Waals surface area contributed by atoms with Gasteiger partial charge in [-0.15, -0.1) is 5.10 Å². The Balaban J connectivity index is 1.19. The van der Waals surface area contributed by atoms with Gasteiger partial charge in [0.05, 0.1) is 18.7 Å². The monoisotopic (exact) mass is 449 g/mol. The maximum atomic E-state index is 13.0. The second-order valence-electron chi connectivity index (χ2n) is 11.5. The van der Waals surface area contributed by atoms with Crippen LogP contribution in [-0.2, 0) is 16.8 Å². The molecule has 1 amide bonds. The van der Waals surface area contributed by atoms with Crippen LogP contribution in [0.2, 0.25) is 0 Å². The molecule has 33 heavy (non-hydrogen) atoms. The number of carbonyl (C=O) groups is 1. The summed E-state index contributed by atoms with van der Waals surface area (Å²) in [6, 6.07) is 9.54. The van der Waals surface area contributed by atoms with Crippen LogP contribution in [0.25, 0.3) is 11.3 Å². The number of nitrogens with one attached hydrogen (secondary N) is 1. The Morgan fingerprint density at radius 3 is 2.52 bits per heavy atom. The lowest BCUT2D eigenvalue weighted by molar-refractivity contribution is -0.134. The van der Waals surface area contributed by atoms with Crippen molar-refractivity contribution in [2.45, 2.75) is 89.8 Å². The average Bonchev–Trinajstić information content (AvgIpc) is 3.28. The van der Waals surface area contributed by atoms with Gasteiger partial charge in [0.1, 0.15) is 5.69 Å². The highest BCUT2D eigenvalue weighted by atomic mass is 16.2. The number of benzene rings is 1. The predicted octanol–water partition coefficient (Wildman–Crippen LogP) is 4.40. The SMILES string of the molecule is CC(C)(C)c1ccc(-c2cn(CC3CC4CCN3CC4C(=O)NC3CCCCC3)nn2)cc1. The van der Waals surface area contributed by atoms with Crippen LogP contribution >= 0.6 is 0 Å². The van der Waals surface area contributed by atoms with Crippen LogP contribution in [0, 0.1) is 11.8 Å². The van der Waals surface area contributed by atoms with Crippen LogP contribution in [0.15, 0.2) is 30.5 Å². The number of nitrogens with zero attached hydrogens (tertiary/aromatic N) is 4. The molecule has 178 valence electrons. The van der Waals surface area contributed by atoms with E-state index in [1.165, 1.54) is 24.8 Å². The van der Waals surface area contributed by atoms with Crippen LogP contribution < -0.4 is 5.32 Å². The zero-order valence-electron chi connectivity index (χ0n) is 20.5. The van der Waals surface area contributed by atoms with Crippen molar-refractivity contribution in [1.82, 2.24) is 25.2 Å². The largest absolute Gasteiger partial charge is 0.353 e. The van der Waals surface area contributed by atoms with Gasteiger partial charge >= 0.3 is 0 Å². The van der Waals surface area contributed by atoms with E-state index in [1.807, 2.05) is 4.68 Å². The van der Waals surface area contributed by atoms with E-state index in [2.05, 4.69) is 71.8 Å². The number of rotatable bonds is 5. The van der Waals surface area contributed by atoms with Gasteiger partial charge in [-0.05, 0) is 49.1 Å². The van der Waals surface area contributed by atoms with Crippen LogP contribution in [0.1, 0.15) is 71.3 Å². The van der Waals surface area contributed by atoms with Crippen molar-refractivity contribution in [3.05, 3.63) is 36.0 Å². The molecule has 4 fully saturated rings. The Labute approximate surface area is 198 Å². The van der Waals surface area contributed by atoms with E-state index in [9.17, 15) is 4.79 Å². The van der Waals surface area contributed by atoms with Crippen LogP contribution in [0.5, 0.6) is 0 Å². The van der Waals surface area contributed by atoms with Gasteiger partial charge in [0.2, 0.25) is 5.91 Å². The highest BCUT2D eigenvalue weighted by Crippen LogP contribution is 2.37. The molecule has 4 unspecified atom stereocenters. The zero-order chi connectivity index (χ0) is 23.0. The summed E-state index contributed by atoms with van der Waals surface area (Å²) in [6.45, 7) is 9.53. The molecule has 1 saturated carbocycles. The molecule has 1 N–H and O–H groups in total. The van der Waals surface area contributed by atoms with Crippen LogP contribution in [0.4, 0.5) is 0 Å². The predicted molar refractivity (Wildman–Crippen MR) is 131 cm³/mol. The summed E-state index contributed by atoms with van der Waals surface area (Å²) in [5.74, 6) is 0.956. The van der Waals surface area contributed by atoms with Crippen molar-refractivity contribution in [3.8, 4) is 11.3 Å². The molecule has 3 aliphatic heterocycles. The molecule has 6 nitrogen and oxygen atoms in total. The Hall–Kier alpha value is -2.21. The standard InChI is InChI=1S/C27H39N5O/c1-27(2,3)21-11-9-19(10-12-21)25-18-32(30-29-25)16-23-15-20-13-14-31(23)17-24(20)26(33)28-22-7-5-4-6-8-22/h9-12,18,20,22-24H,4-8,13-17H2,1-3H3,(H,28,33). The number of carbonyl (C=O) groups excluding carboxylic acids is 1. The van der Waals surface area contributed by atoms with Crippen molar-refractivity contribution >= 4 is 5.91 Å². The number of hydrogen-bond donors (Lipinski definition) is 1. The minimum absolute atomic E-state index is 0.149.